The van der Waals surface area contributed by atoms with Crippen LogP contribution in [0.2, 0.25) is 0 Å². The lowest BCUT2D eigenvalue weighted by Gasteiger charge is -2.31. The van der Waals surface area contributed by atoms with E-state index in [0.29, 0.717) is 23.7 Å². The van der Waals surface area contributed by atoms with Crippen LogP contribution in [-0.2, 0) is 0 Å². The Bertz CT molecular complexity index is 633. The summed E-state index contributed by atoms with van der Waals surface area (Å²) in [4.78, 5) is 25.7. The van der Waals surface area contributed by atoms with Crippen molar-refractivity contribution in [2.75, 3.05) is 24.5 Å². The SMILES string of the molecule is CCCCC(CN)NC(=O)c1ccc(N2CCC(C)CC2)c([N+](=O)[O-])c1.Cl. The molecule has 152 valence electrons. The van der Waals surface area contributed by atoms with Crippen molar-refractivity contribution in [3.63, 3.8) is 0 Å². The van der Waals surface area contributed by atoms with Crippen LogP contribution in [0.3, 0.4) is 0 Å². The van der Waals surface area contributed by atoms with E-state index in [1.165, 1.54) is 6.07 Å². The van der Waals surface area contributed by atoms with Crippen LogP contribution in [0.5, 0.6) is 0 Å². The summed E-state index contributed by atoms with van der Waals surface area (Å²) < 4.78 is 0. The first-order chi connectivity index (χ1) is 12.5. The number of nitro benzene ring substituents is 1. The summed E-state index contributed by atoms with van der Waals surface area (Å²) in [7, 11) is 0. The Labute approximate surface area is 167 Å². The Balaban J connectivity index is 0.00000364. The monoisotopic (exact) mass is 398 g/mol. The van der Waals surface area contributed by atoms with Gasteiger partial charge < -0.3 is 16.0 Å². The van der Waals surface area contributed by atoms with Gasteiger partial charge >= 0.3 is 0 Å². The van der Waals surface area contributed by atoms with Crippen molar-refractivity contribution in [1.29, 1.82) is 0 Å². The average molecular weight is 399 g/mol. The van der Waals surface area contributed by atoms with Gasteiger partial charge in [0.15, 0.2) is 0 Å². The molecule has 27 heavy (non-hydrogen) atoms. The van der Waals surface area contributed by atoms with Gasteiger partial charge in [-0.25, -0.2) is 0 Å². The fraction of sp³-hybridized carbons (Fsp3) is 0.632. The molecule has 1 aliphatic heterocycles. The number of amides is 1. The third-order valence-corrected chi connectivity index (χ3v) is 5.08. The lowest BCUT2D eigenvalue weighted by Crippen LogP contribution is -2.40. The highest BCUT2D eigenvalue weighted by Crippen LogP contribution is 2.32. The largest absolute Gasteiger partial charge is 0.366 e. The van der Waals surface area contributed by atoms with Crippen molar-refractivity contribution in [2.24, 2.45) is 11.7 Å². The third kappa shape index (κ3) is 6.36. The zero-order valence-corrected chi connectivity index (χ0v) is 17.0. The number of benzene rings is 1. The number of nitrogens with two attached hydrogens (primary N) is 1. The highest BCUT2D eigenvalue weighted by Gasteiger charge is 2.25. The number of carbonyl (C=O) groups excluding carboxylic acids is 1. The first kappa shape index (κ1) is 23.2. The highest BCUT2D eigenvalue weighted by atomic mass is 35.5. The van der Waals surface area contributed by atoms with E-state index < -0.39 is 4.92 Å². The number of carbonyl (C=O) groups is 1. The van der Waals surface area contributed by atoms with Crippen LogP contribution < -0.4 is 16.0 Å². The summed E-state index contributed by atoms with van der Waals surface area (Å²) >= 11 is 0. The molecule has 0 bridgehead atoms. The quantitative estimate of drug-likeness (QED) is 0.515. The maximum absolute atomic E-state index is 12.5. The second-order valence-electron chi connectivity index (χ2n) is 7.18. The number of rotatable bonds is 8. The van der Waals surface area contributed by atoms with E-state index in [1.54, 1.807) is 12.1 Å². The molecule has 3 N–H and O–H groups in total. The molecule has 2 rings (SSSR count). The summed E-state index contributed by atoms with van der Waals surface area (Å²) in [5.41, 5.74) is 6.62. The zero-order chi connectivity index (χ0) is 19.1. The van der Waals surface area contributed by atoms with E-state index in [2.05, 4.69) is 19.2 Å². The predicted molar refractivity (Wildman–Crippen MR) is 111 cm³/mol. The van der Waals surface area contributed by atoms with E-state index in [1.807, 2.05) is 4.90 Å². The average Bonchev–Trinajstić information content (AvgIpc) is 2.65. The number of nitro groups is 1. The Morgan fingerprint density at radius 3 is 2.63 bits per heavy atom. The number of unbranched alkanes of at least 4 members (excludes halogenated alkanes) is 1. The van der Waals surface area contributed by atoms with Gasteiger partial charge in [-0.15, -0.1) is 12.4 Å². The molecule has 1 saturated heterocycles. The molecule has 1 amide bonds. The molecule has 7 nitrogen and oxygen atoms in total. The number of hydrogen-bond acceptors (Lipinski definition) is 5. The lowest BCUT2D eigenvalue weighted by atomic mass is 9.98. The van der Waals surface area contributed by atoms with Gasteiger partial charge in [-0.05, 0) is 37.3 Å². The second-order valence-corrected chi connectivity index (χ2v) is 7.18. The minimum Gasteiger partial charge on any atom is -0.366 e. The molecule has 1 aromatic carbocycles. The Morgan fingerprint density at radius 2 is 2.07 bits per heavy atom. The summed E-state index contributed by atoms with van der Waals surface area (Å²) in [6, 6.07) is 4.65. The Morgan fingerprint density at radius 1 is 1.41 bits per heavy atom. The van der Waals surface area contributed by atoms with Gasteiger partial charge in [0, 0.05) is 37.3 Å². The summed E-state index contributed by atoms with van der Waals surface area (Å²) in [5, 5.41) is 14.4. The molecular formula is C19H31ClN4O3. The van der Waals surface area contributed by atoms with Crippen LogP contribution in [0.4, 0.5) is 11.4 Å². The number of anilines is 1. The standard InChI is InChI=1S/C19H30N4O3.ClH/c1-3-4-5-16(13-20)21-19(24)15-6-7-17(18(12-15)23(25)26)22-10-8-14(2)9-11-22;/h6-7,12,14,16H,3-5,8-11,13,20H2,1-2H3,(H,21,24);1H. The second kappa shape index (κ2) is 11.1. The number of nitrogens with zero attached hydrogens (tertiary/aromatic N) is 2. The van der Waals surface area contributed by atoms with Crippen LogP contribution in [0.15, 0.2) is 18.2 Å². The number of nitrogens with one attached hydrogen (secondary N) is 1. The molecule has 0 aromatic heterocycles. The van der Waals surface area contributed by atoms with Crippen LogP contribution >= 0.6 is 12.4 Å². The van der Waals surface area contributed by atoms with Crippen molar-refractivity contribution >= 4 is 29.7 Å². The van der Waals surface area contributed by atoms with Crippen molar-refractivity contribution in [3.8, 4) is 0 Å². The molecule has 1 fully saturated rings. The zero-order valence-electron chi connectivity index (χ0n) is 16.1. The van der Waals surface area contributed by atoms with E-state index in [-0.39, 0.29) is 30.0 Å². The highest BCUT2D eigenvalue weighted by molar-refractivity contribution is 5.96. The third-order valence-electron chi connectivity index (χ3n) is 5.08. The van der Waals surface area contributed by atoms with Gasteiger partial charge in [0.05, 0.1) is 4.92 Å². The van der Waals surface area contributed by atoms with Crippen LogP contribution in [0.1, 0.15) is 56.3 Å². The summed E-state index contributed by atoms with van der Waals surface area (Å²) in [5.74, 6) is 0.338. The molecule has 1 aliphatic rings. The topological polar surface area (TPSA) is 102 Å². The molecule has 1 heterocycles. The minimum atomic E-state index is -0.401. The lowest BCUT2D eigenvalue weighted by molar-refractivity contribution is -0.384. The molecule has 1 atom stereocenters. The Hall–Kier alpha value is -1.86. The van der Waals surface area contributed by atoms with Crippen molar-refractivity contribution in [3.05, 3.63) is 33.9 Å². The normalized spacial score (nSPS) is 15.7. The molecule has 0 spiro atoms. The van der Waals surface area contributed by atoms with E-state index >= 15 is 0 Å². The van der Waals surface area contributed by atoms with Crippen LogP contribution in [0, 0.1) is 16.0 Å². The van der Waals surface area contributed by atoms with Crippen LogP contribution in [0.25, 0.3) is 0 Å². The molecule has 0 aliphatic carbocycles. The van der Waals surface area contributed by atoms with Crippen LogP contribution in [-0.4, -0.2) is 36.5 Å². The smallest absolute Gasteiger partial charge is 0.293 e. The number of hydrogen-bond donors (Lipinski definition) is 2. The van der Waals surface area contributed by atoms with Crippen molar-refractivity contribution in [1.82, 2.24) is 5.32 Å². The van der Waals surface area contributed by atoms with Gasteiger partial charge in [0.25, 0.3) is 11.6 Å². The molecular weight excluding hydrogens is 368 g/mol. The fourth-order valence-corrected chi connectivity index (χ4v) is 3.30. The number of halogens is 1. The van der Waals surface area contributed by atoms with E-state index in [4.69, 9.17) is 5.73 Å². The van der Waals surface area contributed by atoms with Gasteiger partial charge in [-0.3, -0.25) is 14.9 Å². The maximum Gasteiger partial charge on any atom is 0.293 e. The maximum atomic E-state index is 12.5. The van der Waals surface area contributed by atoms with E-state index in [9.17, 15) is 14.9 Å². The first-order valence-corrected chi connectivity index (χ1v) is 9.50. The molecule has 1 unspecified atom stereocenters. The molecule has 0 radical (unpaired) electrons. The summed E-state index contributed by atoms with van der Waals surface area (Å²) in [6.07, 6.45) is 4.87. The molecule has 0 saturated carbocycles. The minimum absolute atomic E-state index is 0. The van der Waals surface area contributed by atoms with Gasteiger partial charge in [0.1, 0.15) is 5.69 Å². The van der Waals surface area contributed by atoms with Crippen molar-refractivity contribution < 1.29 is 9.72 Å². The van der Waals surface area contributed by atoms with E-state index in [0.717, 1.165) is 45.2 Å². The van der Waals surface area contributed by atoms with Gasteiger partial charge in [0.2, 0.25) is 0 Å². The van der Waals surface area contributed by atoms with Gasteiger partial charge in [-0.1, -0.05) is 26.7 Å². The van der Waals surface area contributed by atoms with Crippen molar-refractivity contribution in [2.45, 2.75) is 52.0 Å². The fourth-order valence-electron chi connectivity index (χ4n) is 3.30. The molecule has 8 heteroatoms. The number of piperidine rings is 1. The molecule has 1 aromatic rings. The predicted octanol–water partition coefficient (Wildman–Crippen LogP) is 3.50. The van der Waals surface area contributed by atoms with Gasteiger partial charge in [-0.2, -0.15) is 0 Å². The summed E-state index contributed by atoms with van der Waals surface area (Å²) in [6.45, 7) is 6.25. The first-order valence-electron chi connectivity index (χ1n) is 9.50. The Kier molecular flexibility index (Phi) is 9.52.